The van der Waals surface area contributed by atoms with E-state index in [9.17, 15) is 4.57 Å². The zero-order valence-electron chi connectivity index (χ0n) is 8.58. The molecule has 2 aromatic heterocycles. The highest BCUT2D eigenvalue weighted by Crippen LogP contribution is 2.37. The summed E-state index contributed by atoms with van der Waals surface area (Å²) in [5.74, 6) is 0.0756. The molecule has 1 aliphatic rings. The maximum Gasteiger partial charge on any atom is 0.371 e. The normalized spacial score (nSPS) is 22.4. The minimum atomic E-state index is -1.31. The summed E-state index contributed by atoms with van der Waals surface area (Å²) < 4.78 is 18.4. The Morgan fingerprint density at radius 2 is 2.41 bits per heavy atom. The molecule has 0 radical (unpaired) electrons. The van der Waals surface area contributed by atoms with Gasteiger partial charge < -0.3 is 10.5 Å². The lowest BCUT2D eigenvalue weighted by molar-refractivity contribution is 0.0703. The molecule has 2 aromatic rings. The van der Waals surface area contributed by atoms with Crippen molar-refractivity contribution in [1.82, 2.24) is 19.5 Å². The number of aromatic nitrogens is 4. The van der Waals surface area contributed by atoms with Crippen molar-refractivity contribution >= 4 is 36.5 Å². The van der Waals surface area contributed by atoms with Crippen LogP contribution in [0.5, 0.6) is 0 Å². The van der Waals surface area contributed by atoms with E-state index in [0.29, 0.717) is 17.3 Å². The summed E-state index contributed by atoms with van der Waals surface area (Å²) in [5.41, 5.74) is 6.49. The van der Waals surface area contributed by atoms with E-state index < -0.39 is 7.80 Å². The molecule has 0 amide bonds. The van der Waals surface area contributed by atoms with Crippen molar-refractivity contribution in [2.24, 2.45) is 0 Å². The van der Waals surface area contributed by atoms with E-state index in [1.807, 2.05) is 0 Å². The predicted octanol–water partition coefficient (Wildman–Crippen LogP) is 1.38. The molecule has 7 nitrogen and oxygen atoms in total. The molecule has 1 saturated heterocycles. The van der Waals surface area contributed by atoms with Gasteiger partial charge in [0.2, 0.25) is 12.3 Å². The van der Waals surface area contributed by atoms with E-state index in [4.69, 9.17) is 22.1 Å². The van der Waals surface area contributed by atoms with Gasteiger partial charge in [0, 0.05) is 0 Å². The average Bonchev–Trinajstić information content (AvgIpc) is 2.83. The molecular formula is C8H8ClN5O2P+. The molecule has 0 aliphatic carbocycles. The molecule has 3 heterocycles. The first-order valence-corrected chi connectivity index (χ1v) is 6.85. The van der Waals surface area contributed by atoms with E-state index >= 15 is 0 Å². The van der Waals surface area contributed by atoms with E-state index in [1.165, 1.54) is 0 Å². The number of nitrogens with zero attached hydrogens (tertiary/aromatic N) is 4. The molecule has 9 heteroatoms. The van der Waals surface area contributed by atoms with Crippen LogP contribution in [0.2, 0.25) is 5.15 Å². The molecule has 0 bridgehead atoms. The van der Waals surface area contributed by atoms with Crippen molar-refractivity contribution in [2.75, 3.05) is 18.2 Å². The molecule has 2 N–H and O–H groups in total. The van der Waals surface area contributed by atoms with Gasteiger partial charge in [0.25, 0.3) is 0 Å². The number of nitrogen functional groups attached to an aromatic ring is 1. The first-order chi connectivity index (χ1) is 8.15. The number of imidazole rings is 1. The maximum absolute atomic E-state index is 11.3. The van der Waals surface area contributed by atoms with Gasteiger partial charge in [0.15, 0.2) is 23.2 Å². The topological polar surface area (TPSA) is 95.9 Å². The van der Waals surface area contributed by atoms with Crippen LogP contribution in [0.15, 0.2) is 6.33 Å². The average molecular weight is 273 g/mol. The number of fused-ring (bicyclic) bond motifs is 1. The SMILES string of the molecule is Nc1nc(Cl)c2ncn(C3C[P+](=O)CO3)c2n1. The van der Waals surface area contributed by atoms with Crippen molar-refractivity contribution in [3.8, 4) is 0 Å². The number of anilines is 1. The van der Waals surface area contributed by atoms with Gasteiger partial charge in [0.1, 0.15) is 5.52 Å². The minimum absolute atomic E-state index is 0.0756. The number of nitrogens with two attached hydrogens (primary N) is 1. The second-order valence-electron chi connectivity index (χ2n) is 3.61. The Balaban J connectivity index is 2.14. The highest BCUT2D eigenvalue weighted by molar-refractivity contribution is 7.44. The molecule has 3 rings (SSSR count). The highest BCUT2D eigenvalue weighted by atomic mass is 35.5. The standard InChI is InChI=1S/C8H8ClN5O2P/c9-6-5-7(13-8(10)12-6)14(2-11-5)4-1-17(15)3-16-4/h2,4H,1,3H2,(H2,10,12,13)/q+1. The Morgan fingerprint density at radius 1 is 1.59 bits per heavy atom. The summed E-state index contributed by atoms with van der Waals surface area (Å²) in [7, 11) is -1.31. The fraction of sp³-hybridized carbons (Fsp3) is 0.375. The molecule has 88 valence electrons. The van der Waals surface area contributed by atoms with Crippen LogP contribution in [0.3, 0.4) is 0 Å². The zero-order valence-corrected chi connectivity index (χ0v) is 10.2. The van der Waals surface area contributed by atoms with E-state index in [0.717, 1.165) is 0 Å². The van der Waals surface area contributed by atoms with Gasteiger partial charge >= 0.3 is 7.80 Å². The lowest BCUT2D eigenvalue weighted by Crippen LogP contribution is -2.10. The summed E-state index contributed by atoms with van der Waals surface area (Å²) in [6.07, 6.45) is 1.93. The van der Waals surface area contributed by atoms with Gasteiger partial charge in [-0.15, -0.1) is 0 Å². The fourth-order valence-corrected chi connectivity index (χ4v) is 3.02. The second-order valence-corrected chi connectivity index (χ2v) is 5.56. The summed E-state index contributed by atoms with van der Waals surface area (Å²) in [5, 5.41) is 0.202. The monoisotopic (exact) mass is 272 g/mol. The number of rotatable bonds is 1. The van der Waals surface area contributed by atoms with Gasteiger partial charge in [0.05, 0.1) is 6.33 Å². The van der Waals surface area contributed by atoms with E-state index in [-0.39, 0.29) is 23.7 Å². The molecular weight excluding hydrogens is 265 g/mol. The van der Waals surface area contributed by atoms with Gasteiger partial charge in [-0.3, -0.25) is 4.57 Å². The molecule has 2 unspecified atom stereocenters. The Hall–Kier alpha value is -1.30. The molecule has 17 heavy (non-hydrogen) atoms. The van der Waals surface area contributed by atoms with Crippen LogP contribution >= 0.6 is 19.4 Å². The van der Waals surface area contributed by atoms with Crippen molar-refractivity contribution in [3.05, 3.63) is 11.5 Å². The maximum atomic E-state index is 11.3. The first-order valence-electron chi connectivity index (χ1n) is 4.84. The third kappa shape index (κ3) is 1.76. The molecule has 0 aromatic carbocycles. The fourth-order valence-electron chi connectivity index (χ4n) is 1.73. The number of hydrogen-bond acceptors (Lipinski definition) is 6. The summed E-state index contributed by atoms with van der Waals surface area (Å²) in [6, 6.07) is 0. The largest absolute Gasteiger partial charge is 0.371 e. The van der Waals surface area contributed by atoms with Crippen LogP contribution in [0.4, 0.5) is 5.95 Å². The molecule has 0 spiro atoms. The zero-order chi connectivity index (χ0) is 12.0. The predicted molar refractivity (Wildman–Crippen MR) is 62.2 cm³/mol. The second kappa shape index (κ2) is 3.87. The Labute approximate surface area is 102 Å². The van der Waals surface area contributed by atoms with Gasteiger partial charge in [-0.25, -0.2) is 4.98 Å². The van der Waals surface area contributed by atoms with Crippen LogP contribution < -0.4 is 5.73 Å². The lowest BCUT2D eigenvalue weighted by atomic mass is 10.5. The van der Waals surface area contributed by atoms with Crippen molar-refractivity contribution in [3.63, 3.8) is 0 Å². The van der Waals surface area contributed by atoms with E-state index in [2.05, 4.69) is 15.0 Å². The van der Waals surface area contributed by atoms with Crippen LogP contribution in [-0.4, -0.2) is 32.0 Å². The number of hydrogen-bond donors (Lipinski definition) is 1. The van der Waals surface area contributed by atoms with Crippen molar-refractivity contribution < 1.29 is 9.30 Å². The summed E-state index contributed by atoms with van der Waals surface area (Å²) in [4.78, 5) is 12.0. The van der Waals surface area contributed by atoms with Crippen LogP contribution in [-0.2, 0) is 9.30 Å². The molecule has 2 atom stereocenters. The van der Waals surface area contributed by atoms with Crippen LogP contribution in [0, 0.1) is 0 Å². The third-order valence-electron chi connectivity index (χ3n) is 2.48. The third-order valence-corrected chi connectivity index (χ3v) is 3.90. The Morgan fingerprint density at radius 3 is 3.12 bits per heavy atom. The van der Waals surface area contributed by atoms with Gasteiger partial charge in [-0.05, 0) is 0 Å². The first kappa shape index (κ1) is 10.8. The van der Waals surface area contributed by atoms with Crippen LogP contribution in [0.25, 0.3) is 11.2 Å². The van der Waals surface area contributed by atoms with Crippen molar-refractivity contribution in [1.29, 1.82) is 0 Å². The smallest absolute Gasteiger partial charge is 0.368 e. The number of ether oxygens (including phenoxy) is 1. The summed E-state index contributed by atoms with van der Waals surface area (Å²) in [6.45, 7) is 0. The quantitative estimate of drug-likeness (QED) is 0.622. The van der Waals surface area contributed by atoms with Crippen molar-refractivity contribution in [2.45, 2.75) is 6.23 Å². The molecule has 0 saturated carbocycles. The van der Waals surface area contributed by atoms with Gasteiger partial charge in [-0.2, -0.15) is 9.97 Å². The lowest BCUT2D eigenvalue weighted by Gasteiger charge is -2.07. The number of halogens is 1. The van der Waals surface area contributed by atoms with Crippen LogP contribution in [0.1, 0.15) is 6.23 Å². The highest BCUT2D eigenvalue weighted by Gasteiger charge is 2.35. The minimum Gasteiger partial charge on any atom is -0.368 e. The molecule has 1 fully saturated rings. The van der Waals surface area contributed by atoms with Gasteiger partial charge in [-0.1, -0.05) is 16.2 Å². The molecule has 1 aliphatic heterocycles. The summed E-state index contributed by atoms with van der Waals surface area (Å²) >= 11 is 5.91. The Kier molecular flexibility index (Phi) is 2.47. The Bertz CT molecular complexity index is 615. The van der Waals surface area contributed by atoms with E-state index in [1.54, 1.807) is 10.9 Å².